The van der Waals surface area contributed by atoms with Crippen LogP contribution in [-0.2, 0) is 11.2 Å². The van der Waals surface area contributed by atoms with E-state index in [4.69, 9.17) is 4.74 Å². The third kappa shape index (κ3) is 5.40. The van der Waals surface area contributed by atoms with E-state index in [-0.39, 0.29) is 18.9 Å². The minimum absolute atomic E-state index is 0.0390. The molecule has 10 nitrogen and oxygen atoms in total. The van der Waals surface area contributed by atoms with Crippen LogP contribution in [0.25, 0.3) is 16.6 Å². The molecule has 1 amide bonds. The van der Waals surface area contributed by atoms with Crippen molar-refractivity contribution in [2.45, 2.75) is 19.4 Å². The summed E-state index contributed by atoms with van der Waals surface area (Å²) in [5, 5.41) is 23.4. The van der Waals surface area contributed by atoms with Gasteiger partial charge in [-0.25, -0.2) is 13.9 Å². The number of nitrogens with zero attached hydrogens (tertiary/aromatic N) is 7. The Morgan fingerprint density at radius 1 is 1.16 bits per heavy atom. The lowest BCUT2D eigenvalue weighted by atomic mass is 10.1. The predicted octanol–water partition coefficient (Wildman–Crippen LogP) is 2.45. The maximum absolute atomic E-state index is 13.1. The van der Waals surface area contributed by atoms with Gasteiger partial charge in [0.2, 0.25) is 5.91 Å². The molecule has 0 saturated carbocycles. The van der Waals surface area contributed by atoms with E-state index in [9.17, 15) is 19.6 Å². The highest BCUT2D eigenvalue weighted by molar-refractivity contribution is 5.85. The molecule has 1 unspecified atom stereocenters. The van der Waals surface area contributed by atoms with Crippen molar-refractivity contribution in [2.75, 3.05) is 37.7 Å². The number of fused-ring (bicyclic) bond motifs is 1. The van der Waals surface area contributed by atoms with Gasteiger partial charge < -0.3 is 19.6 Å². The van der Waals surface area contributed by atoms with Gasteiger partial charge in [-0.15, -0.1) is 0 Å². The van der Waals surface area contributed by atoms with Crippen molar-refractivity contribution >= 4 is 17.2 Å². The van der Waals surface area contributed by atoms with Crippen LogP contribution in [0, 0.1) is 17.1 Å². The van der Waals surface area contributed by atoms with Gasteiger partial charge in [0.1, 0.15) is 30.1 Å². The summed E-state index contributed by atoms with van der Waals surface area (Å²) in [7, 11) is 0. The van der Waals surface area contributed by atoms with Crippen molar-refractivity contribution in [1.29, 1.82) is 5.26 Å². The lowest BCUT2D eigenvalue weighted by Gasteiger charge is -2.35. The van der Waals surface area contributed by atoms with Crippen LogP contribution < -0.4 is 9.64 Å². The van der Waals surface area contributed by atoms with Crippen molar-refractivity contribution in [3.8, 4) is 22.9 Å². The Labute approximate surface area is 218 Å². The molecule has 1 aliphatic heterocycles. The van der Waals surface area contributed by atoms with Gasteiger partial charge in [-0.2, -0.15) is 10.4 Å². The molecular weight excluding hydrogens is 489 g/mol. The summed E-state index contributed by atoms with van der Waals surface area (Å²) in [5.41, 5.74) is 3.16. The Morgan fingerprint density at radius 2 is 1.97 bits per heavy atom. The first kappa shape index (κ1) is 25.1. The molecule has 1 fully saturated rings. The van der Waals surface area contributed by atoms with Gasteiger partial charge in [0, 0.05) is 49.2 Å². The molecule has 0 radical (unpaired) electrons. The predicted molar refractivity (Wildman–Crippen MR) is 137 cm³/mol. The van der Waals surface area contributed by atoms with Gasteiger partial charge in [0.05, 0.1) is 42.2 Å². The van der Waals surface area contributed by atoms with Crippen LogP contribution in [0.2, 0.25) is 0 Å². The van der Waals surface area contributed by atoms with E-state index in [0.29, 0.717) is 48.7 Å². The van der Waals surface area contributed by atoms with E-state index in [1.807, 2.05) is 18.2 Å². The first-order chi connectivity index (χ1) is 18.4. The standard InChI is InChI=1S/C27H26FN7O3/c1-18(36)17-38-23-11-24(27-20(12-29)14-32-35(27)16-23)19-2-5-25(31-13-19)33-6-8-34(9-7-33)26(37)10-22-4-3-21(28)15-30-22/h2-5,11,13-16,18,36H,6-10,17H2,1H3. The quantitative estimate of drug-likeness (QED) is 0.399. The smallest absolute Gasteiger partial charge is 0.228 e. The molecule has 0 aromatic carbocycles. The fraction of sp³-hybridized carbons (Fsp3) is 0.296. The second kappa shape index (κ2) is 10.8. The zero-order chi connectivity index (χ0) is 26.6. The fourth-order valence-corrected chi connectivity index (χ4v) is 4.39. The Bertz CT molecular complexity index is 1470. The van der Waals surface area contributed by atoms with E-state index in [2.05, 4.69) is 26.0 Å². The van der Waals surface area contributed by atoms with Crippen molar-refractivity contribution in [3.05, 3.63) is 72.2 Å². The number of pyridine rings is 3. The average molecular weight is 516 g/mol. The summed E-state index contributed by atoms with van der Waals surface area (Å²) in [6, 6.07) is 10.7. The third-order valence-electron chi connectivity index (χ3n) is 6.33. The molecule has 1 aliphatic rings. The van der Waals surface area contributed by atoms with Crippen LogP contribution in [0.1, 0.15) is 18.2 Å². The number of carbonyl (C=O) groups excluding carboxylic acids is 1. The van der Waals surface area contributed by atoms with Gasteiger partial charge in [-0.1, -0.05) is 0 Å². The number of hydrogen-bond acceptors (Lipinski definition) is 8. The van der Waals surface area contributed by atoms with Crippen LogP contribution in [-0.4, -0.2) is 74.4 Å². The van der Waals surface area contributed by atoms with Gasteiger partial charge in [0.15, 0.2) is 0 Å². The summed E-state index contributed by atoms with van der Waals surface area (Å²) in [5.74, 6) is 0.836. The van der Waals surface area contributed by atoms with E-state index in [1.165, 1.54) is 18.3 Å². The van der Waals surface area contributed by atoms with Crippen molar-refractivity contribution in [1.82, 2.24) is 24.5 Å². The topological polar surface area (TPSA) is 120 Å². The van der Waals surface area contributed by atoms with Crippen LogP contribution in [0.15, 0.2) is 55.1 Å². The number of piperazine rings is 1. The van der Waals surface area contributed by atoms with Crippen molar-refractivity contribution in [3.63, 3.8) is 0 Å². The number of amides is 1. The molecule has 1 saturated heterocycles. The normalized spacial score (nSPS) is 14.4. The molecule has 1 N–H and O–H groups in total. The number of nitriles is 1. The lowest BCUT2D eigenvalue weighted by molar-refractivity contribution is -0.130. The van der Waals surface area contributed by atoms with E-state index in [0.717, 1.165) is 23.1 Å². The summed E-state index contributed by atoms with van der Waals surface area (Å²) >= 11 is 0. The van der Waals surface area contributed by atoms with Gasteiger partial charge in [-0.3, -0.25) is 9.78 Å². The minimum Gasteiger partial charge on any atom is -0.489 e. The number of hydrogen-bond donors (Lipinski definition) is 1. The maximum Gasteiger partial charge on any atom is 0.228 e. The molecule has 1 atom stereocenters. The minimum atomic E-state index is -0.627. The highest BCUT2D eigenvalue weighted by Crippen LogP contribution is 2.31. The number of aliphatic hydroxyl groups is 1. The van der Waals surface area contributed by atoms with Crippen LogP contribution >= 0.6 is 0 Å². The SMILES string of the molecule is CC(O)COc1cc(-c2ccc(N3CCN(C(=O)Cc4ccc(F)cn4)CC3)nc2)c2c(C#N)cnn2c1. The monoisotopic (exact) mass is 515 g/mol. The first-order valence-electron chi connectivity index (χ1n) is 12.2. The molecule has 5 heterocycles. The van der Waals surface area contributed by atoms with E-state index in [1.54, 1.807) is 28.7 Å². The fourth-order valence-electron chi connectivity index (χ4n) is 4.39. The van der Waals surface area contributed by atoms with Crippen molar-refractivity contribution < 1.29 is 19.0 Å². The van der Waals surface area contributed by atoms with Crippen molar-refractivity contribution in [2.24, 2.45) is 0 Å². The number of aliphatic hydroxyl groups excluding tert-OH is 1. The molecule has 194 valence electrons. The Morgan fingerprint density at radius 3 is 2.63 bits per heavy atom. The Kier molecular flexibility index (Phi) is 7.15. The van der Waals surface area contributed by atoms with Crippen LogP contribution in [0.4, 0.5) is 10.2 Å². The second-order valence-electron chi connectivity index (χ2n) is 9.13. The molecule has 0 spiro atoms. The zero-order valence-corrected chi connectivity index (χ0v) is 20.8. The molecule has 0 bridgehead atoms. The average Bonchev–Trinajstić information content (AvgIpc) is 3.36. The Hall–Kier alpha value is -4.56. The molecule has 0 aliphatic carbocycles. The number of aromatic nitrogens is 4. The summed E-state index contributed by atoms with van der Waals surface area (Å²) in [6.07, 6.45) is 5.56. The molecule has 11 heteroatoms. The third-order valence-corrected chi connectivity index (χ3v) is 6.33. The summed E-state index contributed by atoms with van der Waals surface area (Å²) < 4.78 is 20.4. The lowest BCUT2D eigenvalue weighted by Crippen LogP contribution is -2.49. The van der Waals surface area contributed by atoms with E-state index >= 15 is 0 Å². The number of carbonyl (C=O) groups is 1. The Balaban J connectivity index is 1.29. The molecule has 38 heavy (non-hydrogen) atoms. The number of anilines is 1. The molecule has 4 aromatic heterocycles. The molecule has 4 aromatic rings. The highest BCUT2D eigenvalue weighted by atomic mass is 19.1. The largest absolute Gasteiger partial charge is 0.489 e. The second-order valence-corrected chi connectivity index (χ2v) is 9.13. The van der Waals surface area contributed by atoms with Crippen LogP contribution in [0.3, 0.4) is 0 Å². The highest BCUT2D eigenvalue weighted by Gasteiger charge is 2.23. The first-order valence-corrected chi connectivity index (χ1v) is 12.2. The van der Waals surface area contributed by atoms with E-state index < -0.39 is 11.9 Å². The van der Waals surface area contributed by atoms with Gasteiger partial charge >= 0.3 is 0 Å². The molecular formula is C27H26FN7O3. The van der Waals surface area contributed by atoms with Crippen LogP contribution in [0.5, 0.6) is 5.75 Å². The van der Waals surface area contributed by atoms with Gasteiger partial charge in [0.25, 0.3) is 0 Å². The number of rotatable bonds is 7. The molecule has 5 rings (SSSR count). The van der Waals surface area contributed by atoms with Gasteiger partial charge in [-0.05, 0) is 37.3 Å². The number of halogens is 1. The maximum atomic E-state index is 13.1. The zero-order valence-electron chi connectivity index (χ0n) is 20.8. The summed E-state index contributed by atoms with van der Waals surface area (Å²) in [6.45, 7) is 4.12. The summed E-state index contributed by atoms with van der Waals surface area (Å²) in [4.78, 5) is 25.2. The number of ether oxygens (including phenoxy) is 1.